The maximum atomic E-state index is 12.6. The lowest BCUT2D eigenvalue weighted by atomic mass is 9.97. The molecule has 0 saturated carbocycles. The monoisotopic (exact) mass is 466 g/mol. The second-order valence-corrected chi connectivity index (χ2v) is 9.72. The van der Waals surface area contributed by atoms with E-state index in [-0.39, 0.29) is 25.5 Å². The van der Waals surface area contributed by atoms with Crippen molar-refractivity contribution < 1.29 is 29.0 Å². The molecule has 34 heavy (non-hydrogen) atoms. The second kappa shape index (κ2) is 9.37. The number of hydrogen-bond donors (Lipinski definition) is 2. The molecule has 1 aliphatic carbocycles. The number of ether oxygens (including phenoxy) is 2. The fraction of sp³-hybridized carbons (Fsp3) is 0.423. The first kappa shape index (κ1) is 23.6. The highest BCUT2D eigenvalue weighted by atomic mass is 16.6. The minimum Gasteiger partial charge on any atom is -0.480 e. The van der Waals surface area contributed by atoms with E-state index in [0.29, 0.717) is 6.42 Å². The SMILES string of the molecule is CC(C)(C)OC(=O)N1CC[C@@H](NC(=O)OCC2c3ccccc3-c3ccccc32)C[C@H]1C(=O)O. The number of amides is 2. The van der Waals surface area contributed by atoms with Gasteiger partial charge in [-0.15, -0.1) is 0 Å². The highest BCUT2D eigenvalue weighted by Crippen LogP contribution is 2.44. The first-order chi connectivity index (χ1) is 16.1. The Hall–Kier alpha value is -3.55. The van der Waals surface area contributed by atoms with Crippen molar-refractivity contribution in [1.82, 2.24) is 10.2 Å². The van der Waals surface area contributed by atoms with E-state index in [2.05, 4.69) is 17.4 Å². The van der Waals surface area contributed by atoms with Gasteiger partial charge in [0, 0.05) is 18.5 Å². The molecule has 1 saturated heterocycles. The Morgan fingerprint density at radius 1 is 1.03 bits per heavy atom. The zero-order chi connectivity index (χ0) is 24.5. The molecular formula is C26H30N2O6. The lowest BCUT2D eigenvalue weighted by Gasteiger charge is -2.37. The van der Waals surface area contributed by atoms with Crippen molar-refractivity contribution in [3.05, 3.63) is 59.7 Å². The van der Waals surface area contributed by atoms with Gasteiger partial charge in [0.25, 0.3) is 0 Å². The smallest absolute Gasteiger partial charge is 0.411 e. The molecule has 180 valence electrons. The third-order valence-corrected chi connectivity index (χ3v) is 6.18. The van der Waals surface area contributed by atoms with Crippen LogP contribution < -0.4 is 5.32 Å². The van der Waals surface area contributed by atoms with Crippen molar-refractivity contribution in [2.75, 3.05) is 13.2 Å². The van der Waals surface area contributed by atoms with E-state index in [1.807, 2.05) is 36.4 Å². The van der Waals surface area contributed by atoms with Gasteiger partial charge in [-0.3, -0.25) is 4.90 Å². The maximum Gasteiger partial charge on any atom is 0.411 e. The predicted octanol–water partition coefficient (Wildman–Crippen LogP) is 4.38. The molecule has 1 aliphatic heterocycles. The van der Waals surface area contributed by atoms with Crippen LogP contribution in [-0.2, 0) is 14.3 Å². The molecule has 1 heterocycles. The number of nitrogens with zero attached hydrogens (tertiary/aromatic N) is 1. The molecule has 2 atom stereocenters. The van der Waals surface area contributed by atoms with Gasteiger partial charge in [0.1, 0.15) is 18.2 Å². The molecular weight excluding hydrogens is 436 g/mol. The van der Waals surface area contributed by atoms with Crippen LogP contribution >= 0.6 is 0 Å². The average molecular weight is 467 g/mol. The largest absolute Gasteiger partial charge is 0.480 e. The van der Waals surface area contributed by atoms with E-state index in [1.165, 1.54) is 4.90 Å². The zero-order valence-electron chi connectivity index (χ0n) is 19.6. The quantitative estimate of drug-likeness (QED) is 0.693. The van der Waals surface area contributed by atoms with Crippen molar-refractivity contribution in [3.8, 4) is 11.1 Å². The fourth-order valence-corrected chi connectivity index (χ4v) is 4.68. The van der Waals surface area contributed by atoms with Crippen molar-refractivity contribution in [3.63, 3.8) is 0 Å². The molecule has 0 spiro atoms. The van der Waals surface area contributed by atoms with Gasteiger partial charge in [0.2, 0.25) is 0 Å². The number of carboxylic acid groups (broad SMARTS) is 1. The number of benzene rings is 2. The van der Waals surface area contributed by atoms with Crippen molar-refractivity contribution in [1.29, 1.82) is 0 Å². The Morgan fingerprint density at radius 2 is 1.62 bits per heavy atom. The summed E-state index contributed by atoms with van der Waals surface area (Å²) in [6.07, 6.45) is -0.771. The van der Waals surface area contributed by atoms with E-state index in [0.717, 1.165) is 22.3 Å². The number of carboxylic acids is 1. The highest BCUT2D eigenvalue weighted by Gasteiger charge is 2.39. The topological polar surface area (TPSA) is 105 Å². The van der Waals surface area contributed by atoms with E-state index in [4.69, 9.17) is 9.47 Å². The number of hydrogen-bond acceptors (Lipinski definition) is 5. The van der Waals surface area contributed by atoms with Crippen LogP contribution in [0.25, 0.3) is 11.1 Å². The lowest BCUT2D eigenvalue weighted by molar-refractivity contribution is -0.144. The van der Waals surface area contributed by atoms with Crippen LogP contribution in [-0.4, -0.2) is 59.0 Å². The summed E-state index contributed by atoms with van der Waals surface area (Å²) >= 11 is 0. The number of alkyl carbamates (subject to hydrolysis) is 1. The van der Waals surface area contributed by atoms with Crippen molar-refractivity contribution in [2.24, 2.45) is 0 Å². The Bertz CT molecular complexity index is 1050. The Balaban J connectivity index is 1.36. The van der Waals surface area contributed by atoms with E-state index in [9.17, 15) is 19.5 Å². The molecule has 0 aromatic heterocycles. The summed E-state index contributed by atoms with van der Waals surface area (Å²) in [6, 6.07) is 14.7. The number of piperidine rings is 1. The van der Waals surface area contributed by atoms with Crippen LogP contribution in [0.5, 0.6) is 0 Å². The van der Waals surface area contributed by atoms with Gasteiger partial charge in [-0.25, -0.2) is 14.4 Å². The van der Waals surface area contributed by atoms with Crippen molar-refractivity contribution in [2.45, 2.75) is 57.2 Å². The molecule has 8 nitrogen and oxygen atoms in total. The second-order valence-electron chi connectivity index (χ2n) is 9.72. The molecule has 2 N–H and O–H groups in total. The van der Waals surface area contributed by atoms with Gasteiger partial charge < -0.3 is 19.9 Å². The van der Waals surface area contributed by atoms with Crippen LogP contribution in [0, 0.1) is 0 Å². The standard InChI is InChI=1S/C26H30N2O6/c1-26(2,3)34-25(32)28-13-12-16(14-22(28)23(29)30)27-24(31)33-15-21-19-10-6-4-8-17(19)18-9-5-7-11-20(18)21/h4-11,16,21-22H,12-15H2,1-3H3,(H,27,31)(H,29,30)/t16-,22+/m1/s1. The van der Waals surface area contributed by atoms with E-state index < -0.39 is 35.8 Å². The minimum atomic E-state index is -1.13. The first-order valence-corrected chi connectivity index (χ1v) is 11.5. The van der Waals surface area contributed by atoms with Gasteiger partial charge in [0.15, 0.2) is 0 Å². The lowest BCUT2D eigenvalue weighted by Crippen LogP contribution is -2.55. The third kappa shape index (κ3) is 5.00. The minimum absolute atomic E-state index is 0.0565. The van der Waals surface area contributed by atoms with Gasteiger partial charge in [-0.2, -0.15) is 0 Å². The van der Waals surface area contributed by atoms with Crippen LogP contribution in [0.15, 0.2) is 48.5 Å². The Morgan fingerprint density at radius 3 is 2.18 bits per heavy atom. The summed E-state index contributed by atoms with van der Waals surface area (Å²) in [6.45, 7) is 5.53. The van der Waals surface area contributed by atoms with Gasteiger partial charge in [0.05, 0.1) is 0 Å². The molecule has 2 aliphatic rings. The third-order valence-electron chi connectivity index (χ3n) is 6.18. The Labute approximate surface area is 198 Å². The van der Waals surface area contributed by atoms with Gasteiger partial charge in [-0.1, -0.05) is 48.5 Å². The molecule has 0 unspecified atom stereocenters. The summed E-state index contributed by atoms with van der Waals surface area (Å²) in [5, 5.41) is 12.4. The zero-order valence-corrected chi connectivity index (χ0v) is 19.6. The van der Waals surface area contributed by atoms with Crippen LogP contribution in [0.3, 0.4) is 0 Å². The average Bonchev–Trinajstić information content (AvgIpc) is 3.10. The number of nitrogens with one attached hydrogen (secondary N) is 1. The van der Waals surface area contributed by atoms with Gasteiger partial charge >= 0.3 is 18.2 Å². The van der Waals surface area contributed by atoms with Crippen LogP contribution in [0.4, 0.5) is 9.59 Å². The predicted molar refractivity (Wildman–Crippen MR) is 126 cm³/mol. The number of carbonyl (C=O) groups excluding carboxylic acids is 2. The number of carbonyl (C=O) groups is 3. The number of aliphatic carboxylic acids is 1. The van der Waals surface area contributed by atoms with Crippen molar-refractivity contribution >= 4 is 18.2 Å². The van der Waals surface area contributed by atoms with Crippen LogP contribution in [0.1, 0.15) is 50.7 Å². The molecule has 2 aromatic carbocycles. The maximum absolute atomic E-state index is 12.6. The number of likely N-dealkylation sites (tertiary alicyclic amines) is 1. The fourth-order valence-electron chi connectivity index (χ4n) is 4.68. The molecule has 1 fully saturated rings. The van der Waals surface area contributed by atoms with Gasteiger partial charge in [-0.05, 0) is 55.9 Å². The normalized spacial score (nSPS) is 19.7. The highest BCUT2D eigenvalue weighted by molar-refractivity contribution is 5.81. The summed E-state index contributed by atoms with van der Waals surface area (Å²) < 4.78 is 10.9. The van der Waals surface area contributed by atoms with Crippen LogP contribution in [0.2, 0.25) is 0 Å². The first-order valence-electron chi connectivity index (χ1n) is 11.5. The molecule has 2 amide bonds. The number of rotatable bonds is 4. The van der Waals surface area contributed by atoms with E-state index in [1.54, 1.807) is 20.8 Å². The summed E-state index contributed by atoms with van der Waals surface area (Å²) in [5.41, 5.74) is 3.80. The number of fused-ring (bicyclic) bond motifs is 3. The summed E-state index contributed by atoms with van der Waals surface area (Å²) in [7, 11) is 0. The molecule has 8 heteroatoms. The summed E-state index contributed by atoms with van der Waals surface area (Å²) in [4.78, 5) is 38.0. The Kier molecular flexibility index (Phi) is 6.50. The summed E-state index contributed by atoms with van der Waals surface area (Å²) in [5.74, 6) is -1.19. The molecule has 4 rings (SSSR count). The molecule has 0 radical (unpaired) electrons. The molecule has 0 bridgehead atoms. The molecule has 2 aromatic rings. The van der Waals surface area contributed by atoms with E-state index >= 15 is 0 Å².